The van der Waals surface area contributed by atoms with E-state index in [4.69, 9.17) is 5.26 Å². The summed E-state index contributed by atoms with van der Waals surface area (Å²) < 4.78 is 0. The van der Waals surface area contributed by atoms with E-state index in [1.54, 1.807) is 6.92 Å². The van der Waals surface area contributed by atoms with E-state index in [0.717, 1.165) is 16.7 Å². The van der Waals surface area contributed by atoms with Crippen LogP contribution in [0.4, 0.5) is 0 Å². The summed E-state index contributed by atoms with van der Waals surface area (Å²) in [5.41, 5.74) is 3.25. The first-order valence-electron chi connectivity index (χ1n) is 6.16. The molecule has 0 spiro atoms. The van der Waals surface area contributed by atoms with Crippen LogP contribution in [0.25, 0.3) is 0 Å². The van der Waals surface area contributed by atoms with Gasteiger partial charge in [0.2, 0.25) is 0 Å². The molecule has 0 radical (unpaired) electrons. The highest BCUT2D eigenvalue weighted by molar-refractivity contribution is 5.33. The molecule has 0 rings (SSSR count). The van der Waals surface area contributed by atoms with Gasteiger partial charge in [-0.15, -0.1) is 0 Å². The standard InChI is InChI=1S/C16H23NO/c1-12(9-10-17)7-6-8-13(2)14(3)11-15(4)16(5)18/h6-9,11,15-16,18H,1-5H3/b7-6+,12-9+,13-8+,14-11+/t15-,16+/m0/s1. The smallest absolute Gasteiger partial charge is 0.0914 e. The molecule has 0 aromatic rings. The molecule has 0 aliphatic heterocycles. The van der Waals surface area contributed by atoms with E-state index >= 15 is 0 Å². The van der Waals surface area contributed by atoms with Crippen molar-refractivity contribution in [3.63, 3.8) is 0 Å². The summed E-state index contributed by atoms with van der Waals surface area (Å²) in [5, 5.41) is 17.9. The third-order valence-corrected chi connectivity index (χ3v) is 2.89. The number of allylic oxidation sites excluding steroid dienone is 7. The van der Waals surface area contributed by atoms with Crippen molar-refractivity contribution in [1.29, 1.82) is 5.26 Å². The van der Waals surface area contributed by atoms with E-state index in [1.807, 2.05) is 52.0 Å². The van der Waals surface area contributed by atoms with Crippen molar-refractivity contribution in [1.82, 2.24) is 0 Å². The lowest BCUT2D eigenvalue weighted by Gasteiger charge is -2.11. The summed E-state index contributed by atoms with van der Waals surface area (Å²) in [6.07, 6.45) is 9.10. The first kappa shape index (κ1) is 16.4. The van der Waals surface area contributed by atoms with Crippen molar-refractivity contribution in [3.05, 3.63) is 47.1 Å². The summed E-state index contributed by atoms with van der Waals surface area (Å²) in [7, 11) is 0. The van der Waals surface area contributed by atoms with Crippen molar-refractivity contribution in [2.75, 3.05) is 0 Å². The van der Waals surface area contributed by atoms with Gasteiger partial charge in [0.15, 0.2) is 0 Å². The number of nitrogens with zero attached hydrogens (tertiary/aromatic N) is 1. The summed E-state index contributed by atoms with van der Waals surface area (Å²) in [6, 6.07) is 1.99. The Hall–Kier alpha value is -1.59. The van der Waals surface area contributed by atoms with Crippen molar-refractivity contribution in [2.45, 2.75) is 40.7 Å². The second-order valence-electron chi connectivity index (χ2n) is 4.68. The van der Waals surface area contributed by atoms with Gasteiger partial charge in [-0.3, -0.25) is 0 Å². The summed E-state index contributed by atoms with van der Waals surface area (Å²) in [4.78, 5) is 0. The van der Waals surface area contributed by atoms with Gasteiger partial charge >= 0.3 is 0 Å². The minimum Gasteiger partial charge on any atom is -0.393 e. The van der Waals surface area contributed by atoms with Gasteiger partial charge in [0.05, 0.1) is 12.2 Å². The first-order chi connectivity index (χ1) is 8.38. The maximum Gasteiger partial charge on any atom is 0.0914 e. The number of hydrogen-bond donors (Lipinski definition) is 1. The SMILES string of the molecule is CC(/C=C/C=C(C)/C(C)=C/[C@H](C)[C@@H](C)O)=C\C#N. The summed E-state index contributed by atoms with van der Waals surface area (Å²) in [6.45, 7) is 9.76. The molecule has 0 aromatic carbocycles. The number of aliphatic hydroxyl groups is 1. The largest absolute Gasteiger partial charge is 0.393 e. The normalized spacial score (nSPS) is 17.7. The molecular weight excluding hydrogens is 222 g/mol. The van der Waals surface area contributed by atoms with Gasteiger partial charge in [-0.1, -0.05) is 36.8 Å². The van der Waals surface area contributed by atoms with E-state index in [1.165, 1.54) is 6.08 Å². The highest BCUT2D eigenvalue weighted by Gasteiger charge is 2.05. The summed E-state index contributed by atoms with van der Waals surface area (Å²) >= 11 is 0. The molecule has 0 heterocycles. The van der Waals surface area contributed by atoms with Crippen LogP contribution in [0.5, 0.6) is 0 Å². The fourth-order valence-corrected chi connectivity index (χ4v) is 1.29. The molecule has 0 aliphatic carbocycles. The van der Waals surface area contributed by atoms with Gasteiger partial charge in [-0.25, -0.2) is 0 Å². The van der Waals surface area contributed by atoms with Crippen LogP contribution in [0.2, 0.25) is 0 Å². The maximum atomic E-state index is 9.44. The van der Waals surface area contributed by atoms with E-state index in [2.05, 4.69) is 6.08 Å². The van der Waals surface area contributed by atoms with Gasteiger partial charge in [0.25, 0.3) is 0 Å². The zero-order chi connectivity index (χ0) is 14.1. The van der Waals surface area contributed by atoms with Gasteiger partial charge < -0.3 is 5.11 Å². The molecule has 0 unspecified atom stereocenters. The predicted molar refractivity (Wildman–Crippen MR) is 76.9 cm³/mol. The van der Waals surface area contributed by atoms with Gasteiger partial charge in [0, 0.05) is 12.0 Å². The molecule has 2 nitrogen and oxygen atoms in total. The van der Waals surface area contributed by atoms with Crippen LogP contribution in [0, 0.1) is 17.2 Å². The molecule has 0 amide bonds. The molecule has 2 atom stereocenters. The van der Waals surface area contributed by atoms with E-state index < -0.39 is 0 Å². The maximum absolute atomic E-state index is 9.44. The minimum absolute atomic E-state index is 0.151. The van der Waals surface area contributed by atoms with Crippen LogP contribution in [-0.4, -0.2) is 11.2 Å². The average Bonchev–Trinajstić information content (AvgIpc) is 2.28. The lowest BCUT2D eigenvalue weighted by Crippen LogP contribution is -2.10. The minimum atomic E-state index is -0.330. The van der Waals surface area contributed by atoms with Crippen molar-refractivity contribution < 1.29 is 5.11 Å². The molecule has 0 aromatic heterocycles. The predicted octanol–water partition coefficient (Wildman–Crippen LogP) is 3.92. The third kappa shape index (κ3) is 6.88. The zero-order valence-electron chi connectivity index (χ0n) is 11.9. The molecular formula is C16H23NO. The fourth-order valence-electron chi connectivity index (χ4n) is 1.29. The Bertz CT molecular complexity index is 417. The van der Waals surface area contributed by atoms with Crippen LogP contribution in [0.3, 0.4) is 0 Å². The van der Waals surface area contributed by atoms with E-state index in [9.17, 15) is 5.11 Å². The Morgan fingerprint density at radius 1 is 1.17 bits per heavy atom. The quantitative estimate of drug-likeness (QED) is 0.589. The summed E-state index contributed by atoms with van der Waals surface area (Å²) in [5.74, 6) is 0.151. The highest BCUT2D eigenvalue weighted by Crippen LogP contribution is 2.14. The second kappa shape index (κ2) is 8.49. The molecule has 0 saturated carbocycles. The molecule has 0 aliphatic rings. The van der Waals surface area contributed by atoms with Crippen LogP contribution in [0.15, 0.2) is 47.1 Å². The molecule has 0 fully saturated rings. The van der Waals surface area contributed by atoms with Crippen molar-refractivity contribution >= 4 is 0 Å². The molecule has 98 valence electrons. The highest BCUT2D eigenvalue weighted by atomic mass is 16.3. The number of nitriles is 1. The van der Waals surface area contributed by atoms with Crippen LogP contribution < -0.4 is 0 Å². The average molecular weight is 245 g/mol. The van der Waals surface area contributed by atoms with Crippen LogP contribution in [-0.2, 0) is 0 Å². The Kier molecular flexibility index (Phi) is 7.74. The molecule has 1 N–H and O–H groups in total. The molecule has 0 bridgehead atoms. The molecule has 18 heavy (non-hydrogen) atoms. The Labute approximate surface area is 111 Å². The Balaban J connectivity index is 4.71. The Morgan fingerprint density at radius 2 is 1.78 bits per heavy atom. The first-order valence-corrected chi connectivity index (χ1v) is 6.16. The molecule has 0 saturated heterocycles. The van der Waals surface area contributed by atoms with E-state index in [0.29, 0.717) is 0 Å². The number of hydrogen-bond acceptors (Lipinski definition) is 2. The lowest BCUT2D eigenvalue weighted by molar-refractivity contribution is 0.157. The third-order valence-electron chi connectivity index (χ3n) is 2.89. The monoisotopic (exact) mass is 245 g/mol. The van der Waals surface area contributed by atoms with Crippen LogP contribution in [0.1, 0.15) is 34.6 Å². The van der Waals surface area contributed by atoms with Gasteiger partial charge in [-0.2, -0.15) is 5.26 Å². The van der Waals surface area contributed by atoms with E-state index in [-0.39, 0.29) is 12.0 Å². The lowest BCUT2D eigenvalue weighted by atomic mass is 9.99. The fraction of sp³-hybridized carbons (Fsp3) is 0.438. The number of rotatable bonds is 5. The topological polar surface area (TPSA) is 44.0 Å². The Morgan fingerprint density at radius 3 is 2.28 bits per heavy atom. The molecule has 2 heteroatoms. The zero-order valence-corrected chi connectivity index (χ0v) is 11.9. The van der Waals surface area contributed by atoms with Gasteiger partial charge in [0.1, 0.15) is 0 Å². The van der Waals surface area contributed by atoms with Crippen molar-refractivity contribution in [2.24, 2.45) is 5.92 Å². The van der Waals surface area contributed by atoms with Gasteiger partial charge in [-0.05, 0) is 38.8 Å². The van der Waals surface area contributed by atoms with Crippen LogP contribution >= 0.6 is 0 Å². The van der Waals surface area contributed by atoms with Crippen molar-refractivity contribution in [3.8, 4) is 6.07 Å². The second-order valence-corrected chi connectivity index (χ2v) is 4.68. The number of aliphatic hydroxyl groups excluding tert-OH is 1.